The highest BCUT2D eigenvalue weighted by molar-refractivity contribution is 7.71. The quantitative estimate of drug-likeness (QED) is 0.668. The molecule has 5 nitrogen and oxygen atoms in total. The topological polar surface area (TPSA) is 42.6 Å². The van der Waals surface area contributed by atoms with E-state index in [-0.39, 0.29) is 16.3 Å². The summed E-state index contributed by atoms with van der Waals surface area (Å²) in [6, 6.07) is 11.2. The minimum Gasteiger partial charge on any atom is -0.493 e. The molecule has 1 fully saturated rings. The average molecular weight is 403 g/mol. The van der Waals surface area contributed by atoms with Crippen LogP contribution in [-0.2, 0) is 4.74 Å². The van der Waals surface area contributed by atoms with E-state index < -0.39 is 11.6 Å². The first-order valence-electron chi connectivity index (χ1n) is 8.89. The van der Waals surface area contributed by atoms with Gasteiger partial charge >= 0.3 is 0 Å². The van der Waals surface area contributed by atoms with Gasteiger partial charge in [-0.2, -0.15) is 0 Å². The van der Waals surface area contributed by atoms with E-state index in [4.69, 9.17) is 17.0 Å². The third-order valence-electron chi connectivity index (χ3n) is 4.90. The lowest BCUT2D eigenvalue weighted by Gasteiger charge is -2.29. The minimum atomic E-state index is -1.00. The Morgan fingerprint density at radius 3 is 2.14 bits per heavy atom. The van der Waals surface area contributed by atoms with Crippen LogP contribution in [0, 0.1) is 23.3 Å². The first kappa shape index (κ1) is 18.6. The number of morpholine rings is 1. The van der Waals surface area contributed by atoms with Crippen LogP contribution in [0.15, 0.2) is 42.5 Å². The zero-order valence-electron chi connectivity index (χ0n) is 15.2. The number of benzene rings is 2. The lowest BCUT2D eigenvalue weighted by atomic mass is 10.2. The molecule has 0 aliphatic carbocycles. The van der Waals surface area contributed by atoms with Gasteiger partial charge in [0, 0.05) is 30.5 Å². The molecule has 4 rings (SSSR count). The van der Waals surface area contributed by atoms with Crippen LogP contribution in [0.4, 0.5) is 14.5 Å². The van der Waals surface area contributed by atoms with Crippen molar-refractivity contribution in [3.8, 4) is 17.3 Å². The van der Waals surface area contributed by atoms with E-state index in [1.54, 1.807) is 11.5 Å². The number of hydrogen-bond acceptors (Lipinski definition) is 4. The molecule has 0 amide bonds. The number of nitrogens with zero attached hydrogens (tertiary/aromatic N) is 3. The molecule has 2 aromatic carbocycles. The van der Waals surface area contributed by atoms with Gasteiger partial charge in [0.2, 0.25) is 5.88 Å². The van der Waals surface area contributed by atoms with Crippen LogP contribution in [0.5, 0.6) is 5.88 Å². The van der Waals surface area contributed by atoms with Gasteiger partial charge in [-0.25, -0.2) is 8.78 Å². The fourth-order valence-corrected chi connectivity index (χ4v) is 3.83. The fraction of sp³-hybridized carbons (Fsp3) is 0.250. The first-order valence-corrected chi connectivity index (χ1v) is 9.30. The number of aromatic nitrogens is 2. The Hall–Kier alpha value is -2.71. The summed E-state index contributed by atoms with van der Waals surface area (Å²) < 4.78 is 35.6. The maximum absolute atomic E-state index is 13.7. The summed E-state index contributed by atoms with van der Waals surface area (Å²) in [6.45, 7) is 4.81. The van der Waals surface area contributed by atoms with Crippen molar-refractivity contribution in [1.82, 2.24) is 9.13 Å². The lowest BCUT2D eigenvalue weighted by molar-refractivity contribution is 0.122. The number of halogens is 2. The summed E-state index contributed by atoms with van der Waals surface area (Å²) in [5.41, 5.74) is 2.62. The van der Waals surface area contributed by atoms with Gasteiger partial charge < -0.3 is 14.7 Å². The predicted octanol–water partition coefficient (Wildman–Crippen LogP) is 4.13. The maximum Gasteiger partial charge on any atom is 0.218 e. The Bertz CT molecular complexity index is 1070. The summed E-state index contributed by atoms with van der Waals surface area (Å²) in [5.74, 6) is -2.07. The average Bonchev–Trinajstić information content (AvgIpc) is 2.94. The Kier molecular flexibility index (Phi) is 4.91. The highest BCUT2D eigenvalue weighted by atomic mass is 32.1. The van der Waals surface area contributed by atoms with Gasteiger partial charge in [0.25, 0.3) is 0 Å². The second-order valence-electron chi connectivity index (χ2n) is 6.58. The zero-order valence-corrected chi connectivity index (χ0v) is 16.0. The second-order valence-corrected chi connectivity index (χ2v) is 6.94. The van der Waals surface area contributed by atoms with Gasteiger partial charge in [0.1, 0.15) is 0 Å². The molecule has 0 atom stereocenters. The highest BCUT2D eigenvalue weighted by Gasteiger charge is 2.18. The summed E-state index contributed by atoms with van der Waals surface area (Å²) >= 11 is 5.52. The molecule has 0 unspecified atom stereocenters. The molecule has 146 valence electrons. The SMILES string of the molecule is Cc1c(O)n(-c2ccc(F)c(F)c2)c(=S)n1-c1ccc(N2CCOCC2)cc1. The Labute approximate surface area is 166 Å². The lowest BCUT2D eigenvalue weighted by Crippen LogP contribution is -2.36. The standard InChI is InChI=1S/C20H19F2N3O2S/c1-13-19(26)25(16-6-7-17(21)18(22)12-16)20(28)24(13)15-4-2-14(3-5-15)23-8-10-27-11-9-23/h2-7,12,26H,8-11H2,1H3. The third-order valence-corrected chi connectivity index (χ3v) is 5.26. The normalized spacial score (nSPS) is 14.5. The molecule has 1 saturated heterocycles. The molecule has 0 bridgehead atoms. The summed E-state index contributed by atoms with van der Waals surface area (Å²) in [4.78, 5) is 2.24. The van der Waals surface area contributed by atoms with Crippen LogP contribution in [0.2, 0.25) is 0 Å². The van der Waals surface area contributed by atoms with Crippen LogP contribution in [0.25, 0.3) is 11.4 Å². The molecule has 0 spiro atoms. The number of imidazole rings is 1. The molecule has 1 N–H and O–H groups in total. The van der Waals surface area contributed by atoms with Crippen molar-refractivity contribution in [1.29, 1.82) is 0 Å². The van der Waals surface area contributed by atoms with Gasteiger partial charge in [0.15, 0.2) is 16.4 Å². The summed E-state index contributed by atoms with van der Waals surface area (Å²) in [5, 5.41) is 10.6. The predicted molar refractivity (Wildman–Crippen MR) is 105 cm³/mol. The number of ether oxygens (including phenoxy) is 1. The number of hydrogen-bond donors (Lipinski definition) is 1. The molecule has 8 heteroatoms. The molecule has 2 heterocycles. The van der Waals surface area contributed by atoms with Gasteiger partial charge in [-0.3, -0.25) is 9.13 Å². The molecule has 1 aliphatic rings. The van der Waals surface area contributed by atoms with E-state index in [0.29, 0.717) is 18.9 Å². The van der Waals surface area contributed by atoms with Crippen molar-refractivity contribution in [2.45, 2.75) is 6.92 Å². The Morgan fingerprint density at radius 2 is 1.50 bits per heavy atom. The van der Waals surface area contributed by atoms with Gasteiger partial charge in [-0.1, -0.05) is 0 Å². The zero-order chi connectivity index (χ0) is 19.8. The number of rotatable bonds is 3. The minimum absolute atomic E-state index is 0.117. The summed E-state index contributed by atoms with van der Waals surface area (Å²) in [7, 11) is 0. The fourth-order valence-electron chi connectivity index (χ4n) is 3.39. The van der Waals surface area contributed by atoms with Crippen molar-refractivity contribution in [2.24, 2.45) is 0 Å². The second kappa shape index (κ2) is 7.37. The van der Waals surface area contributed by atoms with E-state index in [9.17, 15) is 13.9 Å². The van der Waals surface area contributed by atoms with E-state index in [2.05, 4.69) is 4.90 Å². The molecule has 28 heavy (non-hydrogen) atoms. The molecular formula is C20H19F2N3O2S. The third kappa shape index (κ3) is 3.18. The van der Waals surface area contributed by atoms with Crippen molar-refractivity contribution in [2.75, 3.05) is 31.2 Å². The van der Waals surface area contributed by atoms with Crippen molar-refractivity contribution in [3.05, 3.63) is 64.6 Å². The van der Waals surface area contributed by atoms with Crippen LogP contribution < -0.4 is 4.90 Å². The van der Waals surface area contributed by atoms with Gasteiger partial charge in [-0.15, -0.1) is 0 Å². The van der Waals surface area contributed by atoms with E-state index >= 15 is 0 Å². The van der Waals surface area contributed by atoms with Crippen molar-refractivity contribution >= 4 is 17.9 Å². The number of anilines is 1. The van der Waals surface area contributed by atoms with Crippen molar-refractivity contribution < 1.29 is 18.6 Å². The van der Waals surface area contributed by atoms with E-state index in [1.165, 1.54) is 10.6 Å². The molecule has 1 aliphatic heterocycles. The van der Waals surface area contributed by atoms with E-state index in [1.807, 2.05) is 24.3 Å². The Balaban J connectivity index is 1.74. The van der Waals surface area contributed by atoms with Crippen LogP contribution in [0.1, 0.15) is 5.69 Å². The van der Waals surface area contributed by atoms with Gasteiger partial charge in [-0.05, 0) is 55.5 Å². The largest absolute Gasteiger partial charge is 0.493 e. The maximum atomic E-state index is 13.7. The van der Waals surface area contributed by atoms with Crippen molar-refractivity contribution in [3.63, 3.8) is 0 Å². The van der Waals surface area contributed by atoms with Gasteiger partial charge in [0.05, 0.1) is 24.6 Å². The van der Waals surface area contributed by atoms with Crippen LogP contribution >= 0.6 is 12.2 Å². The molecule has 1 aromatic heterocycles. The van der Waals surface area contributed by atoms with Crippen LogP contribution in [-0.4, -0.2) is 40.5 Å². The first-order chi connectivity index (χ1) is 13.5. The monoisotopic (exact) mass is 403 g/mol. The molecule has 3 aromatic rings. The Morgan fingerprint density at radius 1 is 0.893 bits per heavy atom. The molecular weight excluding hydrogens is 384 g/mol. The highest BCUT2D eigenvalue weighted by Crippen LogP contribution is 2.29. The summed E-state index contributed by atoms with van der Waals surface area (Å²) in [6.07, 6.45) is 0. The molecule has 0 saturated carbocycles. The molecule has 0 radical (unpaired) electrons. The van der Waals surface area contributed by atoms with Crippen LogP contribution in [0.3, 0.4) is 0 Å². The van der Waals surface area contributed by atoms with E-state index in [0.717, 1.165) is 36.6 Å². The smallest absolute Gasteiger partial charge is 0.218 e. The number of aromatic hydroxyl groups is 1.